The van der Waals surface area contributed by atoms with Gasteiger partial charge in [-0.1, -0.05) is 12.1 Å². The molecule has 22 heavy (non-hydrogen) atoms. The zero-order chi connectivity index (χ0) is 15.6. The number of thiophene rings is 1. The van der Waals surface area contributed by atoms with Gasteiger partial charge < -0.3 is 5.32 Å². The van der Waals surface area contributed by atoms with Crippen LogP contribution in [-0.4, -0.2) is 19.9 Å². The summed E-state index contributed by atoms with van der Waals surface area (Å²) in [6.45, 7) is 0.756. The van der Waals surface area contributed by atoms with Gasteiger partial charge in [-0.3, -0.25) is 4.98 Å². The Morgan fingerprint density at radius 1 is 1.14 bits per heavy atom. The molecule has 0 saturated heterocycles. The Labute approximate surface area is 132 Å². The van der Waals surface area contributed by atoms with Crippen molar-refractivity contribution in [3.63, 3.8) is 0 Å². The van der Waals surface area contributed by atoms with Crippen LogP contribution in [0, 0.1) is 0 Å². The van der Waals surface area contributed by atoms with Gasteiger partial charge in [0.1, 0.15) is 0 Å². The summed E-state index contributed by atoms with van der Waals surface area (Å²) in [6, 6.07) is 10.6. The zero-order valence-corrected chi connectivity index (χ0v) is 13.3. The van der Waals surface area contributed by atoms with Gasteiger partial charge in [0.15, 0.2) is 0 Å². The summed E-state index contributed by atoms with van der Waals surface area (Å²) in [7, 11) is -3.62. The summed E-state index contributed by atoms with van der Waals surface area (Å²) in [5, 5.41) is 10.5. The lowest BCUT2D eigenvalue weighted by atomic mass is 10.1. The summed E-state index contributed by atoms with van der Waals surface area (Å²) in [4.78, 5) is 4.44. The minimum absolute atomic E-state index is 0.138. The molecule has 0 fully saturated rings. The number of aromatic nitrogens is 1. The number of fused-ring (bicyclic) bond motifs is 1. The number of benzene rings is 1. The highest BCUT2D eigenvalue weighted by Crippen LogP contribution is 2.26. The molecule has 3 N–H and O–H groups in total. The molecule has 1 aromatic carbocycles. The molecule has 0 atom stereocenters. The Morgan fingerprint density at radius 2 is 1.91 bits per heavy atom. The fourth-order valence-corrected chi connectivity index (χ4v) is 3.56. The second-order valence-electron chi connectivity index (χ2n) is 4.86. The first-order chi connectivity index (χ1) is 10.5. The van der Waals surface area contributed by atoms with E-state index in [-0.39, 0.29) is 4.90 Å². The van der Waals surface area contributed by atoms with E-state index < -0.39 is 10.0 Å². The average Bonchev–Trinajstić information content (AvgIpc) is 2.96. The number of hydrogen-bond donors (Lipinski definition) is 2. The second-order valence-corrected chi connectivity index (χ2v) is 7.34. The molecule has 0 bridgehead atoms. The van der Waals surface area contributed by atoms with E-state index in [1.807, 2.05) is 17.5 Å². The van der Waals surface area contributed by atoms with Gasteiger partial charge >= 0.3 is 0 Å². The minimum Gasteiger partial charge on any atom is -0.383 e. The summed E-state index contributed by atoms with van der Waals surface area (Å²) < 4.78 is 23.6. The second kappa shape index (κ2) is 6.04. The Balaban J connectivity index is 1.65. The third kappa shape index (κ3) is 3.27. The molecule has 0 unspecified atom stereocenters. The van der Waals surface area contributed by atoms with Crippen molar-refractivity contribution in [3.8, 4) is 0 Å². The normalized spacial score (nSPS) is 11.7. The maximum absolute atomic E-state index is 11.2. The third-order valence-corrected chi connectivity index (χ3v) is 5.19. The van der Waals surface area contributed by atoms with Crippen molar-refractivity contribution in [3.05, 3.63) is 53.5 Å². The number of rotatable bonds is 5. The van der Waals surface area contributed by atoms with Gasteiger partial charge in [0.05, 0.1) is 20.8 Å². The topological polar surface area (TPSA) is 85.1 Å². The van der Waals surface area contributed by atoms with Gasteiger partial charge in [-0.15, -0.1) is 11.3 Å². The highest BCUT2D eigenvalue weighted by atomic mass is 32.2. The lowest BCUT2D eigenvalue weighted by Crippen LogP contribution is -2.12. The summed E-state index contributed by atoms with van der Waals surface area (Å²) in [6.07, 6.45) is 2.58. The fraction of sp³-hybridized carbons (Fsp3) is 0.133. The van der Waals surface area contributed by atoms with E-state index in [0.717, 1.165) is 34.4 Å². The van der Waals surface area contributed by atoms with Gasteiger partial charge in [0.25, 0.3) is 0 Å². The maximum Gasteiger partial charge on any atom is 0.238 e. The van der Waals surface area contributed by atoms with Crippen molar-refractivity contribution in [1.82, 2.24) is 4.98 Å². The van der Waals surface area contributed by atoms with Crippen molar-refractivity contribution in [2.75, 3.05) is 11.9 Å². The molecule has 0 amide bonds. The zero-order valence-electron chi connectivity index (χ0n) is 11.7. The summed E-state index contributed by atoms with van der Waals surface area (Å²) in [5.74, 6) is 0. The third-order valence-electron chi connectivity index (χ3n) is 3.32. The lowest BCUT2D eigenvalue weighted by molar-refractivity contribution is 0.598. The number of nitrogens with one attached hydrogen (secondary N) is 1. The van der Waals surface area contributed by atoms with E-state index in [1.165, 1.54) is 12.1 Å². The van der Waals surface area contributed by atoms with Crippen LogP contribution in [0.3, 0.4) is 0 Å². The number of hydrogen-bond acceptors (Lipinski definition) is 5. The van der Waals surface area contributed by atoms with Crippen molar-refractivity contribution >= 4 is 37.3 Å². The molecule has 7 heteroatoms. The van der Waals surface area contributed by atoms with Crippen molar-refractivity contribution in [1.29, 1.82) is 0 Å². The Hall–Kier alpha value is -1.96. The SMILES string of the molecule is NS(=O)(=O)c1ccc(CCNc2ccnc3ccsc23)cc1. The highest BCUT2D eigenvalue weighted by Gasteiger charge is 2.07. The molecule has 3 rings (SSSR count). The van der Waals surface area contributed by atoms with Gasteiger partial charge in [-0.05, 0) is 41.6 Å². The predicted octanol–water partition coefficient (Wildman–Crippen LogP) is 2.60. The van der Waals surface area contributed by atoms with Gasteiger partial charge in [0, 0.05) is 12.7 Å². The van der Waals surface area contributed by atoms with Crippen LogP contribution in [0.25, 0.3) is 10.2 Å². The predicted molar refractivity (Wildman–Crippen MR) is 89.6 cm³/mol. The van der Waals surface area contributed by atoms with E-state index in [1.54, 1.807) is 29.7 Å². The van der Waals surface area contributed by atoms with Crippen LogP contribution in [0.5, 0.6) is 0 Å². The Kier molecular flexibility index (Phi) is 4.10. The van der Waals surface area contributed by atoms with E-state index in [2.05, 4.69) is 10.3 Å². The molecule has 5 nitrogen and oxygen atoms in total. The summed E-state index contributed by atoms with van der Waals surface area (Å²) in [5.41, 5.74) is 3.12. The number of pyridine rings is 1. The molecule has 0 aliphatic heterocycles. The molecule has 2 aromatic heterocycles. The van der Waals surface area contributed by atoms with Crippen LogP contribution in [0.4, 0.5) is 5.69 Å². The highest BCUT2D eigenvalue weighted by molar-refractivity contribution is 7.89. The van der Waals surface area contributed by atoms with Crippen LogP contribution in [0.15, 0.2) is 52.9 Å². The monoisotopic (exact) mass is 333 g/mol. The number of sulfonamides is 1. The van der Waals surface area contributed by atoms with Crippen LogP contribution in [-0.2, 0) is 16.4 Å². The summed E-state index contributed by atoms with van der Waals surface area (Å²) >= 11 is 1.66. The molecular formula is C15H15N3O2S2. The molecule has 0 saturated carbocycles. The van der Waals surface area contributed by atoms with E-state index in [4.69, 9.17) is 5.14 Å². The molecule has 114 valence electrons. The number of nitrogens with two attached hydrogens (primary N) is 1. The molecule has 0 aliphatic carbocycles. The number of nitrogens with zero attached hydrogens (tertiary/aromatic N) is 1. The number of anilines is 1. The maximum atomic E-state index is 11.2. The van der Waals surface area contributed by atoms with Crippen LogP contribution >= 0.6 is 11.3 Å². The Bertz CT molecular complexity index is 887. The van der Waals surface area contributed by atoms with Crippen LogP contribution in [0.2, 0.25) is 0 Å². The van der Waals surface area contributed by atoms with E-state index >= 15 is 0 Å². The molecule has 2 heterocycles. The Morgan fingerprint density at radius 3 is 2.64 bits per heavy atom. The van der Waals surface area contributed by atoms with Gasteiger partial charge in [-0.25, -0.2) is 13.6 Å². The first-order valence-corrected chi connectivity index (χ1v) is 9.14. The lowest BCUT2D eigenvalue weighted by Gasteiger charge is -2.08. The molecule has 0 radical (unpaired) electrons. The standard InChI is InChI=1S/C15H15N3O2S2/c16-22(19,20)12-3-1-11(2-4-12)5-8-17-13-6-9-18-14-7-10-21-15(13)14/h1-4,6-7,9-10H,5,8H2,(H,17,18)(H2,16,19,20). The minimum atomic E-state index is -3.62. The molecule has 0 spiro atoms. The van der Waals surface area contributed by atoms with Crippen LogP contribution in [0.1, 0.15) is 5.56 Å². The van der Waals surface area contributed by atoms with Gasteiger partial charge in [0.2, 0.25) is 10.0 Å². The smallest absolute Gasteiger partial charge is 0.238 e. The first kappa shape index (κ1) is 15.0. The fourth-order valence-electron chi connectivity index (χ4n) is 2.20. The molecule has 3 aromatic rings. The first-order valence-electron chi connectivity index (χ1n) is 6.72. The average molecular weight is 333 g/mol. The largest absolute Gasteiger partial charge is 0.383 e. The quantitative estimate of drug-likeness (QED) is 0.751. The van der Waals surface area contributed by atoms with Crippen molar-refractivity contribution in [2.24, 2.45) is 5.14 Å². The number of primary sulfonamides is 1. The van der Waals surface area contributed by atoms with Crippen molar-refractivity contribution < 1.29 is 8.42 Å². The van der Waals surface area contributed by atoms with E-state index in [0.29, 0.717) is 0 Å². The van der Waals surface area contributed by atoms with E-state index in [9.17, 15) is 8.42 Å². The van der Waals surface area contributed by atoms with Crippen molar-refractivity contribution in [2.45, 2.75) is 11.3 Å². The molecule has 0 aliphatic rings. The van der Waals surface area contributed by atoms with Crippen LogP contribution < -0.4 is 10.5 Å². The molecular weight excluding hydrogens is 318 g/mol. The van der Waals surface area contributed by atoms with Gasteiger partial charge in [-0.2, -0.15) is 0 Å².